The van der Waals surface area contributed by atoms with Gasteiger partial charge in [-0.3, -0.25) is 4.79 Å². The zero-order valence-corrected chi connectivity index (χ0v) is 17.1. The maximum absolute atomic E-state index is 12.6. The van der Waals surface area contributed by atoms with E-state index in [0.29, 0.717) is 12.5 Å². The molecule has 3 rings (SSSR count). The monoisotopic (exact) mass is 382 g/mol. The Morgan fingerprint density at radius 3 is 2.63 bits per heavy atom. The summed E-state index contributed by atoms with van der Waals surface area (Å²) in [6.07, 6.45) is 2.53. The van der Waals surface area contributed by atoms with Crippen LogP contribution >= 0.6 is 11.3 Å². The lowest BCUT2D eigenvalue weighted by Crippen LogP contribution is -2.39. The number of benzene rings is 1. The van der Waals surface area contributed by atoms with Crippen molar-refractivity contribution in [3.8, 4) is 0 Å². The molecule has 0 fully saturated rings. The quantitative estimate of drug-likeness (QED) is 0.635. The molecule has 0 saturated heterocycles. The molecular weight excluding hydrogens is 356 g/mol. The van der Waals surface area contributed by atoms with Crippen LogP contribution in [0.4, 0.5) is 5.82 Å². The average molecular weight is 383 g/mol. The second kappa shape index (κ2) is 8.48. The third-order valence-electron chi connectivity index (χ3n) is 5.00. The molecule has 0 radical (unpaired) electrons. The van der Waals surface area contributed by atoms with E-state index in [4.69, 9.17) is 0 Å². The van der Waals surface area contributed by atoms with Crippen LogP contribution in [-0.2, 0) is 4.79 Å². The predicted molar refractivity (Wildman–Crippen MR) is 112 cm³/mol. The number of aromatic nitrogens is 2. The minimum atomic E-state index is -0.379. The molecule has 2 atom stereocenters. The minimum Gasteiger partial charge on any atom is -0.358 e. The van der Waals surface area contributed by atoms with E-state index >= 15 is 0 Å². The second-order valence-electron chi connectivity index (χ2n) is 6.81. The standard InChI is InChI=1S/C21H26N4OS/c1-5-16(17-9-7-6-8-10-17)11-22-20(26)14(3)25-19-18-13(2)15(4)27-21(18)24-12-23-19/h6-10,12,14,16H,5,11H2,1-4H3,(H,22,26)(H,23,24,25)/t14-,16-/m0/s1. The topological polar surface area (TPSA) is 66.9 Å². The molecule has 1 amide bonds. The molecule has 0 unspecified atom stereocenters. The van der Waals surface area contributed by atoms with E-state index in [1.807, 2.05) is 25.1 Å². The first kappa shape index (κ1) is 19.3. The number of rotatable bonds is 7. The molecule has 2 aromatic heterocycles. The van der Waals surface area contributed by atoms with Crippen LogP contribution in [0.1, 0.15) is 42.2 Å². The van der Waals surface area contributed by atoms with Gasteiger partial charge in [0.2, 0.25) is 5.91 Å². The van der Waals surface area contributed by atoms with Gasteiger partial charge in [0.25, 0.3) is 0 Å². The normalized spacial score (nSPS) is 13.3. The van der Waals surface area contributed by atoms with E-state index < -0.39 is 0 Å². The fourth-order valence-electron chi connectivity index (χ4n) is 3.16. The number of hydrogen-bond acceptors (Lipinski definition) is 5. The summed E-state index contributed by atoms with van der Waals surface area (Å²) in [5.74, 6) is 1.01. The number of hydrogen-bond donors (Lipinski definition) is 2. The van der Waals surface area contributed by atoms with Gasteiger partial charge < -0.3 is 10.6 Å². The number of carbonyl (C=O) groups excluding carboxylic acids is 1. The van der Waals surface area contributed by atoms with E-state index in [1.54, 1.807) is 17.7 Å². The van der Waals surface area contributed by atoms with Gasteiger partial charge in [-0.1, -0.05) is 37.3 Å². The molecule has 0 aliphatic rings. The van der Waals surface area contributed by atoms with E-state index in [0.717, 1.165) is 22.5 Å². The lowest BCUT2D eigenvalue weighted by atomic mass is 9.96. The van der Waals surface area contributed by atoms with Gasteiger partial charge in [0.15, 0.2) is 0 Å². The molecule has 0 spiro atoms. The maximum atomic E-state index is 12.6. The number of thiophene rings is 1. The average Bonchev–Trinajstić information content (AvgIpc) is 2.97. The SMILES string of the molecule is CC[C@@H](CNC(=O)[C@H](C)Nc1ncnc2sc(C)c(C)c12)c1ccccc1. The van der Waals surface area contributed by atoms with Gasteiger partial charge in [-0.05, 0) is 38.3 Å². The van der Waals surface area contributed by atoms with Crippen molar-refractivity contribution in [1.82, 2.24) is 15.3 Å². The molecule has 3 aromatic rings. The Balaban J connectivity index is 1.66. The van der Waals surface area contributed by atoms with Crippen LogP contribution in [0.15, 0.2) is 36.7 Å². The molecule has 0 bridgehead atoms. The van der Waals surface area contributed by atoms with Crippen LogP contribution in [0.3, 0.4) is 0 Å². The summed E-state index contributed by atoms with van der Waals surface area (Å²) in [7, 11) is 0. The number of nitrogens with one attached hydrogen (secondary N) is 2. The van der Waals surface area contributed by atoms with Crippen LogP contribution in [0.25, 0.3) is 10.2 Å². The Kier molecular flexibility index (Phi) is 6.06. The van der Waals surface area contributed by atoms with Crippen molar-refractivity contribution in [2.75, 3.05) is 11.9 Å². The molecule has 6 heteroatoms. The van der Waals surface area contributed by atoms with Crippen LogP contribution in [0, 0.1) is 13.8 Å². The van der Waals surface area contributed by atoms with Crippen LogP contribution < -0.4 is 10.6 Å². The highest BCUT2D eigenvalue weighted by Crippen LogP contribution is 2.32. The van der Waals surface area contributed by atoms with Gasteiger partial charge in [0.1, 0.15) is 23.0 Å². The Bertz CT molecular complexity index is 923. The van der Waals surface area contributed by atoms with Gasteiger partial charge in [-0.15, -0.1) is 11.3 Å². The maximum Gasteiger partial charge on any atom is 0.242 e. The molecule has 142 valence electrons. The Morgan fingerprint density at radius 2 is 1.93 bits per heavy atom. The molecule has 0 aliphatic heterocycles. The summed E-state index contributed by atoms with van der Waals surface area (Å²) in [5.41, 5.74) is 2.42. The summed E-state index contributed by atoms with van der Waals surface area (Å²) >= 11 is 1.65. The molecule has 5 nitrogen and oxygen atoms in total. The summed E-state index contributed by atoms with van der Waals surface area (Å²) in [6, 6.07) is 9.93. The van der Waals surface area contributed by atoms with Gasteiger partial charge in [0, 0.05) is 17.3 Å². The first-order valence-electron chi connectivity index (χ1n) is 9.31. The van der Waals surface area contributed by atoms with E-state index in [1.165, 1.54) is 16.0 Å². The Hall–Kier alpha value is -2.47. The zero-order valence-electron chi connectivity index (χ0n) is 16.2. The molecule has 0 aliphatic carbocycles. The highest BCUT2D eigenvalue weighted by atomic mass is 32.1. The van der Waals surface area contributed by atoms with Gasteiger partial charge in [0.05, 0.1) is 5.39 Å². The minimum absolute atomic E-state index is 0.0271. The fourth-order valence-corrected chi connectivity index (χ4v) is 4.16. The highest BCUT2D eigenvalue weighted by Gasteiger charge is 2.18. The first-order valence-corrected chi connectivity index (χ1v) is 10.1. The molecule has 2 heterocycles. The van der Waals surface area contributed by atoms with Gasteiger partial charge >= 0.3 is 0 Å². The van der Waals surface area contributed by atoms with Crippen molar-refractivity contribution in [3.05, 3.63) is 52.7 Å². The van der Waals surface area contributed by atoms with Crippen molar-refractivity contribution in [2.45, 2.75) is 46.1 Å². The number of aryl methyl sites for hydroxylation is 2. The van der Waals surface area contributed by atoms with Crippen LogP contribution in [-0.4, -0.2) is 28.5 Å². The third kappa shape index (κ3) is 4.27. The highest BCUT2D eigenvalue weighted by molar-refractivity contribution is 7.18. The van der Waals surface area contributed by atoms with Crippen LogP contribution in [0.5, 0.6) is 0 Å². The molecule has 0 saturated carbocycles. The number of amides is 1. The summed E-state index contributed by atoms with van der Waals surface area (Å²) in [6.45, 7) is 8.78. The first-order chi connectivity index (χ1) is 13.0. The van der Waals surface area contributed by atoms with E-state index in [9.17, 15) is 4.79 Å². The van der Waals surface area contributed by atoms with Crippen LogP contribution in [0.2, 0.25) is 0 Å². The largest absolute Gasteiger partial charge is 0.358 e. The summed E-state index contributed by atoms with van der Waals surface area (Å²) in [4.78, 5) is 23.5. The fraction of sp³-hybridized carbons (Fsp3) is 0.381. The van der Waals surface area contributed by atoms with E-state index in [2.05, 4.69) is 53.5 Å². The second-order valence-corrected chi connectivity index (χ2v) is 8.02. The Labute approximate surface area is 164 Å². The molecule has 2 N–H and O–H groups in total. The zero-order chi connectivity index (χ0) is 19.4. The Morgan fingerprint density at radius 1 is 1.19 bits per heavy atom. The number of fused-ring (bicyclic) bond motifs is 1. The van der Waals surface area contributed by atoms with Gasteiger partial charge in [-0.25, -0.2) is 9.97 Å². The van der Waals surface area contributed by atoms with Gasteiger partial charge in [-0.2, -0.15) is 0 Å². The van der Waals surface area contributed by atoms with E-state index in [-0.39, 0.29) is 11.9 Å². The lowest BCUT2D eigenvalue weighted by Gasteiger charge is -2.19. The van der Waals surface area contributed by atoms with Crippen molar-refractivity contribution in [1.29, 1.82) is 0 Å². The van der Waals surface area contributed by atoms with Crippen molar-refractivity contribution in [2.24, 2.45) is 0 Å². The van der Waals surface area contributed by atoms with Crippen molar-refractivity contribution >= 4 is 33.3 Å². The number of anilines is 1. The molecule has 1 aromatic carbocycles. The van der Waals surface area contributed by atoms with Crippen molar-refractivity contribution < 1.29 is 4.79 Å². The molecular formula is C21H26N4OS. The predicted octanol–water partition coefficient (Wildman–Crippen LogP) is 4.42. The summed E-state index contributed by atoms with van der Waals surface area (Å²) in [5, 5.41) is 7.35. The lowest BCUT2D eigenvalue weighted by molar-refractivity contribution is -0.121. The smallest absolute Gasteiger partial charge is 0.242 e. The third-order valence-corrected chi connectivity index (χ3v) is 6.11. The van der Waals surface area contributed by atoms with Crippen molar-refractivity contribution in [3.63, 3.8) is 0 Å². The molecule has 27 heavy (non-hydrogen) atoms. The number of carbonyl (C=O) groups is 1. The number of nitrogens with zero attached hydrogens (tertiary/aromatic N) is 2. The summed E-state index contributed by atoms with van der Waals surface area (Å²) < 4.78 is 0.